The Bertz CT molecular complexity index is 358. The normalized spacial score (nSPS) is 29.2. The molecule has 1 fully saturated rings. The van der Waals surface area contributed by atoms with Crippen molar-refractivity contribution in [3.63, 3.8) is 0 Å². The van der Waals surface area contributed by atoms with Crippen LogP contribution >= 0.6 is 0 Å². The fraction of sp³-hybridized carbons (Fsp3) is 0.500. The van der Waals surface area contributed by atoms with Gasteiger partial charge in [0.25, 0.3) is 0 Å². The first-order valence-electron chi connectivity index (χ1n) is 5.25. The van der Waals surface area contributed by atoms with Crippen LogP contribution < -0.4 is 0 Å². The van der Waals surface area contributed by atoms with E-state index < -0.39 is 17.2 Å². The Morgan fingerprint density at radius 2 is 1.93 bits per heavy atom. The summed E-state index contributed by atoms with van der Waals surface area (Å²) in [6, 6.07) is 3.27. The van der Waals surface area contributed by atoms with Gasteiger partial charge in [-0.2, -0.15) is 0 Å². The van der Waals surface area contributed by atoms with Crippen molar-refractivity contribution in [1.82, 2.24) is 0 Å². The quantitative estimate of drug-likeness (QED) is 0.816. The van der Waals surface area contributed by atoms with Gasteiger partial charge < -0.3 is 5.11 Å². The van der Waals surface area contributed by atoms with Crippen LogP contribution in [-0.2, 0) is 5.60 Å². The maximum Gasteiger partial charge on any atom is 0.126 e. The first-order chi connectivity index (χ1) is 7.06. The Labute approximate surface area is 87.7 Å². The van der Waals surface area contributed by atoms with Crippen molar-refractivity contribution in [2.45, 2.75) is 31.8 Å². The molecule has 3 heteroatoms. The van der Waals surface area contributed by atoms with Gasteiger partial charge in [-0.1, -0.05) is 13.3 Å². The summed E-state index contributed by atoms with van der Waals surface area (Å²) >= 11 is 0. The van der Waals surface area contributed by atoms with E-state index in [0.29, 0.717) is 12.0 Å². The van der Waals surface area contributed by atoms with Crippen LogP contribution in [0.1, 0.15) is 31.7 Å². The fourth-order valence-electron chi connectivity index (χ4n) is 2.16. The second kappa shape index (κ2) is 3.56. The maximum absolute atomic E-state index is 12.9. The number of halogens is 2. The van der Waals surface area contributed by atoms with E-state index in [0.717, 1.165) is 18.9 Å². The summed E-state index contributed by atoms with van der Waals surface area (Å²) in [6.45, 7) is 2.03. The minimum atomic E-state index is -0.987. The highest BCUT2D eigenvalue weighted by atomic mass is 19.1. The van der Waals surface area contributed by atoms with Crippen LogP contribution in [-0.4, -0.2) is 5.11 Å². The van der Waals surface area contributed by atoms with Crippen LogP contribution in [0.5, 0.6) is 0 Å². The third-order valence-electron chi connectivity index (χ3n) is 3.07. The zero-order chi connectivity index (χ0) is 11.1. The summed E-state index contributed by atoms with van der Waals surface area (Å²) in [6.07, 6.45) is 2.49. The molecule has 15 heavy (non-hydrogen) atoms. The van der Waals surface area contributed by atoms with Crippen molar-refractivity contribution < 1.29 is 13.9 Å². The summed E-state index contributed by atoms with van der Waals surface area (Å²) in [5.74, 6) is -1.09. The molecule has 0 saturated heterocycles. The Morgan fingerprint density at radius 3 is 2.47 bits per heavy atom. The smallest absolute Gasteiger partial charge is 0.126 e. The van der Waals surface area contributed by atoms with Crippen molar-refractivity contribution in [2.24, 2.45) is 5.92 Å². The molecule has 2 rings (SSSR count). The van der Waals surface area contributed by atoms with Gasteiger partial charge in [0.15, 0.2) is 0 Å². The average Bonchev–Trinajstić information content (AvgIpc) is 2.77. The number of aliphatic hydroxyl groups is 1. The zero-order valence-electron chi connectivity index (χ0n) is 8.63. The predicted octanol–water partition coefficient (Wildman–Crippen LogP) is 2.97. The molecule has 2 atom stereocenters. The first-order valence-corrected chi connectivity index (χ1v) is 5.25. The SMILES string of the molecule is CCCC1CC1(O)c1cc(F)cc(F)c1. The largest absolute Gasteiger partial charge is 0.385 e. The van der Waals surface area contributed by atoms with Crippen molar-refractivity contribution in [3.8, 4) is 0 Å². The van der Waals surface area contributed by atoms with Crippen LogP contribution in [0, 0.1) is 17.6 Å². The molecule has 1 nitrogen and oxygen atoms in total. The summed E-state index contributed by atoms with van der Waals surface area (Å²) < 4.78 is 25.9. The lowest BCUT2D eigenvalue weighted by atomic mass is 10.0. The average molecular weight is 212 g/mol. The highest BCUT2D eigenvalue weighted by Crippen LogP contribution is 2.54. The molecule has 1 aromatic rings. The second-order valence-corrected chi connectivity index (χ2v) is 4.27. The molecule has 0 amide bonds. The molecule has 0 spiro atoms. The molecule has 1 aliphatic carbocycles. The number of hydrogen-bond donors (Lipinski definition) is 1. The van der Waals surface area contributed by atoms with Crippen molar-refractivity contribution in [3.05, 3.63) is 35.4 Å². The molecule has 0 radical (unpaired) electrons. The van der Waals surface area contributed by atoms with E-state index in [1.54, 1.807) is 0 Å². The molecule has 0 heterocycles. The lowest BCUT2D eigenvalue weighted by Gasteiger charge is -2.10. The Morgan fingerprint density at radius 1 is 1.33 bits per heavy atom. The first kappa shape index (κ1) is 10.6. The van der Waals surface area contributed by atoms with Crippen molar-refractivity contribution in [1.29, 1.82) is 0 Å². The van der Waals surface area contributed by atoms with Gasteiger partial charge in [0, 0.05) is 6.07 Å². The van der Waals surface area contributed by atoms with E-state index in [-0.39, 0.29) is 5.92 Å². The van der Waals surface area contributed by atoms with Gasteiger partial charge in [-0.05, 0) is 36.5 Å². The highest BCUT2D eigenvalue weighted by Gasteiger charge is 2.53. The van der Waals surface area contributed by atoms with E-state index in [1.807, 2.05) is 6.92 Å². The topological polar surface area (TPSA) is 20.2 Å². The monoisotopic (exact) mass is 212 g/mol. The summed E-state index contributed by atoms with van der Waals surface area (Å²) in [5, 5.41) is 10.1. The van der Waals surface area contributed by atoms with Crippen LogP contribution in [0.4, 0.5) is 8.78 Å². The van der Waals surface area contributed by atoms with Crippen LogP contribution in [0.15, 0.2) is 18.2 Å². The van der Waals surface area contributed by atoms with Crippen molar-refractivity contribution >= 4 is 0 Å². The lowest BCUT2D eigenvalue weighted by molar-refractivity contribution is 0.128. The molecular weight excluding hydrogens is 198 g/mol. The van der Waals surface area contributed by atoms with E-state index in [4.69, 9.17) is 0 Å². The van der Waals surface area contributed by atoms with Gasteiger partial charge in [-0.15, -0.1) is 0 Å². The second-order valence-electron chi connectivity index (χ2n) is 4.27. The number of hydrogen-bond acceptors (Lipinski definition) is 1. The molecule has 0 bridgehead atoms. The van der Waals surface area contributed by atoms with E-state index in [9.17, 15) is 13.9 Å². The maximum atomic E-state index is 12.9. The summed E-state index contributed by atoms with van der Waals surface area (Å²) in [5.41, 5.74) is -0.614. The third-order valence-corrected chi connectivity index (χ3v) is 3.07. The molecule has 1 aromatic carbocycles. The molecule has 1 N–H and O–H groups in total. The minimum absolute atomic E-state index is 0.156. The molecular formula is C12H14F2O. The van der Waals surface area contributed by atoms with Gasteiger partial charge in [0.1, 0.15) is 11.6 Å². The summed E-state index contributed by atoms with van der Waals surface area (Å²) in [7, 11) is 0. The lowest BCUT2D eigenvalue weighted by Crippen LogP contribution is -2.09. The number of rotatable bonds is 3. The van der Waals surface area contributed by atoms with Gasteiger partial charge in [-0.25, -0.2) is 8.78 Å². The van der Waals surface area contributed by atoms with E-state index in [1.165, 1.54) is 12.1 Å². The predicted molar refractivity (Wildman–Crippen MR) is 53.3 cm³/mol. The van der Waals surface area contributed by atoms with Crippen LogP contribution in [0.2, 0.25) is 0 Å². The van der Waals surface area contributed by atoms with Gasteiger partial charge in [0.05, 0.1) is 5.60 Å². The van der Waals surface area contributed by atoms with Gasteiger partial charge in [0.2, 0.25) is 0 Å². The Hall–Kier alpha value is -0.960. The molecule has 2 unspecified atom stereocenters. The standard InChI is InChI=1S/C12H14F2O/c1-2-3-8-7-12(8,15)9-4-10(13)6-11(14)5-9/h4-6,8,15H,2-3,7H2,1H3. The minimum Gasteiger partial charge on any atom is -0.385 e. The van der Waals surface area contributed by atoms with Gasteiger partial charge >= 0.3 is 0 Å². The molecule has 1 aliphatic rings. The van der Waals surface area contributed by atoms with Crippen molar-refractivity contribution in [2.75, 3.05) is 0 Å². The molecule has 0 aliphatic heterocycles. The molecule has 1 saturated carbocycles. The highest BCUT2D eigenvalue weighted by molar-refractivity contribution is 5.30. The Balaban J connectivity index is 2.24. The summed E-state index contributed by atoms with van der Waals surface area (Å²) in [4.78, 5) is 0. The van der Waals surface area contributed by atoms with E-state index in [2.05, 4.69) is 0 Å². The Kier molecular flexibility index (Phi) is 2.51. The molecule has 0 aromatic heterocycles. The number of benzene rings is 1. The fourth-order valence-corrected chi connectivity index (χ4v) is 2.16. The zero-order valence-corrected chi connectivity index (χ0v) is 8.63. The molecule has 82 valence electrons. The third kappa shape index (κ3) is 1.88. The van der Waals surface area contributed by atoms with Gasteiger partial charge in [-0.3, -0.25) is 0 Å². The van der Waals surface area contributed by atoms with E-state index >= 15 is 0 Å². The van der Waals surface area contributed by atoms with Crippen LogP contribution in [0.3, 0.4) is 0 Å². The van der Waals surface area contributed by atoms with Crippen LogP contribution in [0.25, 0.3) is 0 Å².